The van der Waals surface area contributed by atoms with Crippen LogP contribution in [0.1, 0.15) is 30.6 Å². The molecule has 0 aliphatic rings. The molecule has 0 bridgehead atoms. The van der Waals surface area contributed by atoms with Crippen LogP contribution in [0.2, 0.25) is 0 Å². The van der Waals surface area contributed by atoms with Crippen molar-refractivity contribution in [2.45, 2.75) is 20.3 Å². The van der Waals surface area contributed by atoms with E-state index in [0.717, 1.165) is 10.9 Å². The van der Waals surface area contributed by atoms with Gasteiger partial charge in [0.25, 0.3) is 5.91 Å². The van der Waals surface area contributed by atoms with E-state index in [1.807, 2.05) is 18.2 Å². The van der Waals surface area contributed by atoms with Crippen molar-refractivity contribution < 1.29 is 4.79 Å². The molecular formula is C13H17BrClNO. The number of halogens is 2. The molecule has 0 fully saturated rings. The number of hydrogen-bond donors (Lipinski definition) is 1. The van der Waals surface area contributed by atoms with Gasteiger partial charge in [-0.2, -0.15) is 0 Å². The smallest absolute Gasteiger partial charge is 0.252 e. The molecule has 1 N–H and O–H groups in total. The van der Waals surface area contributed by atoms with Crippen LogP contribution < -0.4 is 5.32 Å². The van der Waals surface area contributed by atoms with Gasteiger partial charge in [0.15, 0.2) is 0 Å². The third kappa shape index (κ3) is 4.68. The number of carbonyl (C=O) groups excluding carboxylic acids is 1. The summed E-state index contributed by atoms with van der Waals surface area (Å²) in [5.74, 6) is 0.554. The third-order valence-corrected chi connectivity index (χ3v) is 3.50. The highest BCUT2D eigenvalue weighted by molar-refractivity contribution is 9.10. The van der Waals surface area contributed by atoms with Crippen molar-refractivity contribution in [3.8, 4) is 0 Å². The first-order chi connectivity index (χ1) is 7.96. The molecule has 4 heteroatoms. The molecule has 0 aromatic heterocycles. The highest BCUT2D eigenvalue weighted by Crippen LogP contribution is 2.20. The Kier molecular flexibility index (Phi) is 5.47. The van der Waals surface area contributed by atoms with Gasteiger partial charge in [0.2, 0.25) is 0 Å². The van der Waals surface area contributed by atoms with Gasteiger partial charge in [-0.1, -0.05) is 26.0 Å². The predicted molar refractivity (Wildman–Crippen MR) is 75.6 cm³/mol. The van der Waals surface area contributed by atoms with E-state index in [1.54, 1.807) is 6.07 Å². The normalized spacial score (nSPS) is 11.3. The Balaban J connectivity index is 2.59. The van der Waals surface area contributed by atoms with Gasteiger partial charge >= 0.3 is 0 Å². The summed E-state index contributed by atoms with van der Waals surface area (Å²) in [5.41, 5.74) is 0.688. The van der Waals surface area contributed by atoms with Crippen molar-refractivity contribution in [1.82, 2.24) is 5.32 Å². The Bertz CT molecular complexity index is 393. The number of rotatable bonds is 5. The van der Waals surface area contributed by atoms with Gasteiger partial charge < -0.3 is 5.32 Å². The van der Waals surface area contributed by atoms with Crippen molar-refractivity contribution in [3.63, 3.8) is 0 Å². The van der Waals surface area contributed by atoms with E-state index in [2.05, 4.69) is 35.1 Å². The molecule has 0 saturated heterocycles. The van der Waals surface area contributed by atoms with Crippen molar-refractivity contribution in [1.29, 1.82) is 0 Å². The highest BCUT2D eigenvalue weighted by Gasteiger charge is 2.19. The van der Waals surface area contributed by atoms with E-state index < -0.39 is 0 Å². The lowest BCUT2D eigenvalue weighted by atomic mass is 9.90. The average molecular weight is 319 g/mol. The van der Waals surface area contributed by atoms with Gasteiger partial charge in [0, 0.05) is 16.9 Å². The molecule has 1 amide bonds. The molecular weight excluding hydrogens is 302 g/mol. The standard InChI is InChI=1S/C13H17BrClNO/c1-13(2,7-8-15)9-16-12(17)10-5-3-4-6-11(10)14/h3-6H,7-9H2,1-2H3,(H,16,17). The van der Waals surface area contributed by atoms with Crippen LogP contribution in [-0.4, -0.2) is 18.3 Å². The maximum Gasteiger partial charge on any atom is 0.252 e. The van der Waals surface area contributed by atoms with Crippen LogP contribution in [-0.2, 0) is 0 Å². The Morgan fingerprint density at radius 3 is 2.65 bits per heavy atom. The van der Waals surface area contributed by atoms with Crippen LogP contribution in [0.5, 0.6) is 0 Å². The van der Waals surface area contributed by atoms with E-state index >= 15 is 0 Å². The topological polar surface area (TPSA) is 29.1 Å². The zero-order chi connectivity index (χ0) is 12.9. The van der Waals surface area contributed by atoms with Crippen LogP contribution in [0, 0.1) is 5.41 Å². The van der Waals surface area contributed by atoms with Crippen LogP contribution in [0.15, 0.2) is 28.7 Å². The first-order valence-corrected chi connectivity index (χ1v) is 6.88. The second kappa shape index (κ2) is 6.41. The largest absolute Gasteiger partial charge is 0.351 e. The maximum absolute atomic E-state index is 11.9. The van der Waals surface area contributed by atoms with Crippen molar-refractivity contribution >= 4 is 33.4 Å². The Labute approximate surface area is 116 Å². The molecule has 0 spiro atoms. The molecule has 0 aliphatic heterocycles. The first-order valence-electron chi connectivity index (χ1n) is 5.55. The minimum Gasteiger partial charge on any atom is -0.351 e. The van der Waals surface area contributed by atoms with Gasteiger partial charge in [0.1, 0.15) is 0 Å². The second-order valence-corrected chi connectivity index (χ2v) is 6.00. The van der Waals surface area contributed by atoms with Crippen LogP contribution >= 0.6 is 27.5 Å². The van der Waals surface area contributed by atoms with Crippen molar-refractivity contribution in [2.75, 3.05) is 12.4 Å². The zero-order valence-corrected chi connectivity index (χ0v) is 12.4. The summed E-state index contributed by atoms with van der Waals surface area (Å²) in [6.45, 7) is 4.81. The maximum atomic E-state index is 11.9. The summed E-state index contributed by atoms with van der Waals surface area (Å²) < 4.78 is 0.813. The lowest BCUT2D eigenvalue weighted by molar-refractivity contribution is 0.0935. The molecule has 94 valence electrons. The van der Waals surface area contributed by atoms with Crippen molar-refractivity contribution in [2.24, 2.45) is 5.41 Å². The molecule has 1 aromatic carbocycles. The summed E-state index contributed by atoms with van der Waals surface area (Å²) in [6, 6.07) is 7.40. The molecule has 0 atom stereocenters. The molecule has 0 unspecified atom stereocenters. The SMILES string of the molecule is CC(C)(CCCl)CNC(=O)c1ccccc1Br. The molecule has 1 aromatic rings. The Morgan fingerprint density at radius 2 is 2.06 bits per heavy atom. The summed E-state index contributed by atoms with van der Waals surface area (Å²) in [7, 11) is 0. The molecule has 0 aliphatic carbocycles. The number of hydrogen-bond acceptors (Lipinski definition) is 1. The van der Waals surface area contributed by atoms with E-state index in [-0.39, 0.29) is 11.3 Å². The molecule has 0 heterocycles. The average Bonchev–Trinajstić information content (AvgIpc) is 2.27. The van der Waals surface area contributed by atoms with E-state index in [4.69, 9.17) is 11.6 Å². The third-order valence-electron chi connectivity index (χ3n) is 2.62. The van der Waals surface area contributed by atoms with Gasteiger partial charge in [-0.15, -0.1) is 11.6 Å². The van der Waals surface area contributed by atoms with Gasteiger partial charge in [0.05, 0.1) is 5.56 Å². The molecule has 17 heavy (non-hydrogen) atoms. The highest BCUT2D eigenvalue weighted by atomic mass is 79.9. The quantitative estimate of drug-likeness (QED) is 0.821. The van der Waals surface area contributed by atoms with Gasteiger partial charge in [-0.3, -0.25) is 4.79 Å². The number of alkyl halides is 1. The Hall–Kier alpha value is -0.540. The number of carbonyl (C=O) groups is 1. The zero-order valence-electron chi connectivity index (χ0n) is 10.1. The molecule has 0 radical (unpaired) electrons. The fourth-order valence-corrected chi connectivity index (χ4v) is 2.38. The fourth-order valence-electron chi connectivity index (χ4n) is 1.40. The summed E-state index contributed by atoms with van der Waals surface area (Å²) >= 11 is 9.09. The summed E-state index contributed by atoms with van der Waals surface area (Å²) in [6.07, 6.45) is 0.880. The van der Waals surface area contributed by atoms with Crippen molar-refractivity contribution in [3.05, 3.63) is 34.3 Å². The van der Waals surface area contributed by atoms with Crippen LogP contribution in [0.25, 0.3) is 0 Å². The lowest BCUT2D eigenvalue weighted by Crippen LogP contribution is -2.34. The first kappa shape index (κ1) is 14.5. The van der Waals surface area contributed by atoms with Crippen LogP contribution in [0.4, 0.5) is 0 Å². The number of nitrogens with one attached hydrogen (secondary N) is 1. The van der Waals surface area contributed by atoms with Gasteiger partial charge in [-0.05, 0) is 39.9 Å². The summed E-state index contributed by atoms with van der Waals surface area (Å²) in [5, 5.41) is 2.94. The lowest BCUT2D eigenvalue weighted by Gasteiger charge is -2.23. The number of amides is 1. The van der Waals surface area contributed by atoms with Crippen LogP contribution in [0.3, 0.4) is 0 Å². The van der Waals surface area contributed by atoms with Gasteiger partial charge in [-0.25, -0.2) is 0 Å². The predicted octanol–water partition coefficient (Wildman–Crippen LogP) is 3.83. The molecule has 0 saturated carbocycles. The van der Waals surface area contributed by atoms with E-state index in [1.165, 1.54) is 0 Å². The fraction of sp³-hybridized carbons (Fsp3) is 0.462. The minimum absolute atomic E-state index is 0.0265. The molecule has 1 rings (SSSR count). The van der Waals surface area contributed by atoms with E-state index in [9.17, 15) is 4.79 Å². The monoisotopic (exact) mass is 317 g/mol. The van der Waals surface area contributed by atoms with E-state index in [0.29, 0.717) is 18.0 Å². The Morgan fingerprint density at radius 1 is 1.41 bits per heavy atom. The minimum atomic E-state index is -0.0554. The molecule has 2 nitrogen and oxygen atoms in total. The second-order valence-electron chi connectivity index (χ2n) is 4.77. The summed E-state index contributed by atoms with van der Waals surface area (Å²) in [4.78, 5) is 11.9. The number of benzene rings is 1.